The van der Waals surface area contributed by atoms with Gasteiger partial charge in [-0.15, -0.1) is 0 Å². The van der Waals surface area contributed by atoms with Crippen LogP contribution in [0.15, 0.2) is 42.5 Å². The molecule has 0 aromatic heterocycles. The van der Waals surface area contributed by atoms with Gasteiger partial charge in [0.05, 0.1) is 12.8 Å². The molecule has 2 aromatic carbocycles. The predicted octanol–water partition coefficient (Wildman–Crippen LogP) is 1.99. The molecule has 150 valence electrons. The van der Waals surface area contributed by atoms with Crippen molar-refractivity contribution in [3.8, 4) is 23.0 Å². The van der Waals surface area contributed by atoms with E-state index in [0.717, 1.165) is 43.4 Å². The normalized spacial score (nSPS) is 17.4. The van der Waals surface area contributed by atoms with Crippen molar-refractivity contribution in [2.45, 2.75) is 6.10 Å². The molecule has 7 heteroatoms. The molecule has 1 N–H and O–H groups in total. The first-order valence-corrected chi connectivity index (χ1v) is 9.54. The van der Waals surface area contributed by atoms with Crippen LogP contribution < -0.4 is 23.8 Å². The number of anilines is 1. The topological polar surface area (TPSA) is 63.6 Å². The highest BCUT2D eigenvalue weighted by Gasteiger charge is 2.21. The summed E-state index contributed by atoms with van der Waals surface area (Å²) in [5.74, 6) is 2.97. The number of aliphatic hydroxyl groups is 1. The highest BCUT2D eigenvalue weighted by molar-refractivity contribution is 5.58. The van der Waals surface area contributed by atoms with Crippen LogP contribution in [-0.4, -0.2) is 69.3 Å². The van der Waals surface area contributed by atoms with E-state index in [-0.39, 0.29) is 13.4 Å². The van der Waals surface area contributed by atoms with Crippen LogP contribution in [0, 0.1) is 0 Å². The molecule has 0 amide bonds. The van der Waals surface area contributed by atoms with Gasteiger partial charge in [-0.2, -0.15) is 0 Å². The number of β-amino-alcohol motifs (C(OH)–C–C–N with tert-alkyl or cyclic N) is 1. The van der Waals surface area contributed by atoms with Crippen molar-refractivity contribution in [2.24, 2.45) is 0 Å². The van der Waals surface area contributed by atoms with Crippen molar-refractivity contribution in [3.05, 3.63) is 42.5 Å². The van der Waals surface area contributed by atoms with Gasteiger partial charge in [0.1, 0.15) is 24.2 Å². The molecule has 2 heterocycles. The number of methoxy groups -OCH3 is 1. The fourth-order valence-electron chi connectivity index (χ4n) is 3.57. The van der Waals surface area contributed by atoms with Crippen LogP contribution in [0.2, 0.25) is 0 Å². The molecule has 0 saturated carbocycles. The number of nitrogens with zero attached hydrogens (tertiary/aromatic N) is 2. The average molecular weight is 386 g/mol. The second-order valence-corrected chi connectivity index (χ2v) is 6.94. The van der Waals surface area contributed by atoms with Gasteiger partial charge >= 0.3 is 0 Å². The summed E-state index contributed by atoms with van der Waals surface area (Å²) in [6, 6.07) is 13.5. The quantitative estimate of drug-likeness (QED) is 0.781. The lowest BCUT2D eigenvalue weighted by atomic mass is 10.2. The lowest BCUT2D eigenvalue weighted by Crippen LogP contribution is -2.49. The Labute approximate surface area is 165 Å². The molecule has 2 aromatic rings. The summed E-state index contributed by atoms with van der Waals surface area (Å²) in [6.07, 6.45) is -0.553. The van der Waals surface area contributed by atoms with Crippen molar-refractivity contribution in [3.63, 3.8) is 0 Å². The van der Waals surface area contributed by atoms with Gasteiger partial charge < -0.3 is 29.0 Å². The number of aliphatic hydroxyl groups excluding tert-OH is 1. The van der Waals surface area contributed by atoms with Gasteiger partial charge in [-0.05, 0) is 24.3 Å². The number of para-hydroxylation sites is 2. The first-order valence-electron chi connectivity index (χ1n) is 9.54. The Hall–Kier alpha value is -2.64. The number of hydrogen-bond acceptors (Lipinski definition) is 7. The average Bonchev–Trinajstić information content (AvgIpc) is 3.21. The summed E-state index contributed by atoms with van der Waals surface area (Å²) in [5, 5.41) is 10.4. The zero-order chi connectivity index (χ0) is 19.3. The van der Waals surface area contributed by atoms with Crippen molar-refractivity contribution >= 4 is 5.69 Å². The number of piperazine rings is 1. The minimum Gasteiger partial charge on any atom is -0.495 e. The van der Waals surface area contributed by atoms with Gasteiger partial charge in [-0.3, -0.25) is 4.90 Å². The van der Waals surface area contributed by atoms with Crippen LogP contribution in [0.4, 0.5) is 5.69 Å². The molecule has 0 bridgehead atoms. The maximum Gasteiger partial charge on any atom is 0.231 e. The van der Waals surface area contributed by atoms with E-state index in [1.165, 1.54) is 0 Å². The number of benzene rings is 2. The molecule has 1 atom stereocenters. The standard InChI is InChI=1S/C21H26N2O5/c1-25-19-5-3-2-4-18(19)23-10-8-22(9-11-23)13-16(24)14-26-17-6-7-20-21(12-17)28-15-27-20/h2-7,12,16,24H,8-11,13-15H2,1H3/t16-/m1/s1. The highest BCUT2D eigenvalue weighted by atomic mass is 16.7. The first-order chi connectivity index (χ1) is 13.7. The van der Waals surface area contributed by atoms with Crippen LogP contribution in [-0.2, 0) is 0 Å². The Kier molecular flexibility index (Phi) is 5.73. The number of rotatable bonds is 7. The minimum atomic E-state index is -0.553. The summed E-state index contributed by atoms with van der Waals surface area (Å²) in [7, 11) is 1.70. The van der Waals surface area contributed by atoms with Gasteiger partial charge in [0, 0.05) is 38.8 Å². The molecule has 1 fully saturated rings. The minimum absolute atomic E-state index is 0.238. The van der Waals surface area contributed by atoms with Crippen LogP contribution >= 0.6 is 0 Å². The molecule has 1 saturated heterocycles. The van der Waals surface area contributed by atoms with Gasteiger partial charge in [-0.1, -0.05) is 12.1 Å². The first kappa shape index (κ1) is 18.7. The van der Waals surface area contributed by atoms with E-state index in [1.54, 1.807) is 13.2 Å². The van der Waals surface area contributed by atoms with Gasteiger partial charge in [0.25, 0.3) is 0 Å². The number of hydrogen-bond donors (Lipinski definition) is 1. The Balaban J connectivity index is 1.23. The Morgan fingerprint density at radius 1 is 1.04 bits per heavy atom. The number of fused-ring (bicyclic) bond motifs is 1. The van der Waals surface area contributed by atoms with Crippen LogP contribution in [0.25, 0.3) is 0 Å². The van der Waals surface area contributed by atoms with Crippen molar-refractivity contribution in [1.82, 2.24) is 4.90 Å². The number of ether oxygens (including phenoxy) is 4. The summed E-state index contributed by atoms with van der Waals surface area (Å²) >= 11 is 0. The van der Waals surface area contributed by atoms with Gasteiger partial charge in [0.15, 0.2) is 11.5 Å². The van der Waals surface area contributed by atoms with Crippen molar-refractivity contribution < 1.29 is 24.1 Å². The lowest BCUT2D eigenvalue weighted by Gasteiger charge is -2.37. The molecule has 0 unspecified atom stereocenters. The van der Waals surface area contributed by atoms with E-state index in [1.807, 2.05) is 30.3 Å². The molecule has 2 aliphatic heterocycles. The molecule has 28 heavy (non-hydrogen) atoms. The SMILES string of the molecule is COc1ccccc1N1CCN(C[C@@H](O)COc2ccc3c(c2)OCO3)CC1. The summed E-state index contributed by atoms with van der Waals surface area (Å²) < 4.78 is 21.8. The molecule has 2 aliphatic rings. The Morgan fingerprint density at radius 2 is 1.82 bits per heavy atom. The third-order valence-corrected chi connectivity index (χ3v) is 5.05. The summed E-state index contributed by atoms with van der Waals surface area (Å²) in [6.45, 7) is 4.64. The third kappa shape index (κ3) is 4.26. The highest BCUT2D eigenvalue weighted by Crippen LogP contribution is 2.35. The fraction of sp³-hybridized carbons (Fsp3) is 0.429. The van der Waals surface area contributed by atoms with Crippen LogP contribution in [0.1, 0.15) is 0 Å². The summed E-state index contributed by atoms with van der Waals surface area (Å²) in [5.41, 5.74) is 1.12. The monoisotopic (exact) mass is 386 g/mol. The van der Waals surface area contributed by atoms with Gasteiger partial charge in [-0.25, -0.2) is 0 Å². The molecule has 7 nitrogen and oxygen atoms in total. The zero-order valence-corrected chi connectivity index (χ0v) is 16.0. The Morgan fingerprint density at radius 3 is 2.64 bits per heavy atom. The van der Waals surface area contributed by atoms with E-state index in [9.17, 15) is 5.11 Å². The third-order valence-electron chi connectivity index (χ3n) is 5.05. The smallest absolute Gasteiger partial charge is 0.231 e. The van der Waals surface area contributed by atoms with E-state index in [2.05, 4.69) is 15.9 Å². The molecule has 0 spiro atoms. The molecular weight excluding hydrogens is 360 g/mol. The molecular formula is C21H26N2O5. The van der Waals surface area contributed by atoms with E-state index in [4.69, 9.17) is 18.9 Å². The maximum atomic E-state index is 10.4. The van der Waals surface area contributed by atoms with E-state index >= 15 is 0 Å². The zero-order valence-electron chi connectivity index (χ0n) is 16.0. The predicted molar refractivity (Wildman–Crippen MR) is 106 cm³/mol. The van der Waals surface area contributed by atoms with E-state index < -0.39 is 6.10 Å². The molecule has 4 rings (SSSR count). The maximum absolute atomic E-state index is 10.4. The fourth-order valence-corrected chi connectivity index (χ4v) is 3.57. The second kappa shape index (κ2) is 8.58. The van der Waals surface area contributed by atoms with Crippen molar-refractivity contribution in [2.75, 3.05) is 58.1 Å². The molecule has 0 radical (unpaired) electrons. The van der Waals surface area contributed by atoms with Gasteiger partial charge in [0.2, 0.25) is 6.79 Å². The Bertz CT molecular complexity index is 792. The van der Waals surface area contributed by atoms with Crippen molar-refractivity contribution in [1.29, 1.82) is 0 Å². The largest absolute Gasteiger partial charge is 0.495 e. The lowest BCUT2D eigenvalue weighted by molar-refractivity contribution is 0.0662. The van der Waals surface area contributed by atoms with Crippen LogP contribution in [0.5, 0.6) is 23.0 Å². The summed E-state index contributed by atoms with van der Waals surface area (Å²) in [4.78, 5) is 4.59. The second-order valence-electron chi connectivity index (χ2n) is 6.94. The van der Waals surface area contributed by atoms with E-state index in [0.29, 0.717) is 18.0 Å². The molecule has 0 aliphatic carbocycles. The van der Waals surface area contributed by atoms with Crippen LogP contribution in [0.3, 0.4) is 0 Å².